The van der Waals surface area contributed by atoms with Crippen LogP contribution in [0.15, 0.2) is 42.7 Å². The third-order valence-electron chi connectivity index (χ3n) is 3.30. The van der Waals surface area contributed by atoms with Crippen molar-refractivity contribution in [1.82, 2.24) is 9.78 Å². The number of aromatic nitrogens is 2. The molecule has 0 aliphatic heterocycles. The summed E-state index contributed by atoms with van der Waals surface area (Å²) in [7, 11) is 0. The first-order valence-corrected chi connectivity index (χ1v) is 9.03. The van der Waals surface area contributed by atoms with Crippen LogP contribution in [0.1, 0.15) is 26.3 Å². The number of carbonyl (C=O) groups excluding carboxylic acids is 2. The molecule has 0 spiro atoms. The molecule has 2 N–H and O–H groups in total. The zero-order valence-electron chi connectivity index (χ0n) is 13.9. The van der Waals surface area contributed by atoms with E-state index in [2.05, 4.69) is 22.7 Å². The highest BCUT2D eigenvalue weighted by Crippen LogP contribution is 2.17. The van der Waals surface area contributed by atoms with Crippen LogP contribution in [0.3, 0.4) is 0 Å². The number of amides is 2. The van der Waals surface area contributed by atoms with E-state index >= 15 is 0 Å². The van der Waals surface area contributed by atoms with Gasteiger partial charge >= 0.3 is 0 Å². The first-order chi connectivity index (χ1) is 11.6. The van der Waals surface area contributed by atoms with Gasteiger partial charge in [0, 0.05) is 23.8 Å². The third-order valence-corrected chi connectivity index (χ3v) is 4.46. The molecule has 0 saturated heterocycles. The van der Waals surface area contributed by atoms with Crippen LogP contribution in [0.5, 0.6) is 0 Å². The molecule has 6 nitrogen and oxygen atoms in total. The van der Waals surface area contributed by atoms with E-state index in [1.165, 1.54) is 0 Å². The van der Waals surface area contributed by atoms with Crippen molar-refractivity contribution in [3.63, 3.8) is 0 Å². The molecule has 0 bridgehead atoms. The molecule has 2 amide bonds. The van der Waals surface area contributed by atoms with Gasteiger partial charge in [0.05, 0.1) is 5.75 Å². The molecule has 0 radical (unpaired) electrons. The van der Waals surface area contributed by atoms with E-state index in [-0.39, 0.29) is 11.8 Å². The highest BCUT2D eigenvalue weighted by Gasteiger charge is 2.15. The second-order valence-electron chi connectivity index (χ2n) is 5.33. The smallest absolute Gasteiger partial charge is 0.248 e. The summed E-state index contributed by atoms with van der Waals surface area (Å²) in [6.07, 6.45) is 4.43. The Balaban J connectivity index is 1.92. The van der Waals surface area contributed by atoms with Crippen molar-refractivity contribution in [2.24, 2.45) is 0 Å². The van der Waals surface area contributed by atoms with Crippen LogP contribution in [0, 0.1) is 0 Å². The van der Waals surface area contributed by atoms with Gasteiger partial charge in [-0.3, -0.25) is 14.3 Å². The van der Waals surface area contributed by atoms with Crippen molar-refractivity contribution >= 4 is 35.0 Å². The van der Waals surface area contributed by atoms with Gasteiger partial charge in [-0.1, -0.05) is 13.0 Å². The zero-order chi connectivity index (χ0) is 17.4. The van der Waals surface area contributed by atoms with E-state index in [0.717, 1.165) is 12.2 Å². The Morgan fingerprint density at radius 3 is 2.67 bits per heavy atom. The fourth-order valence-corrected chi connectivity index (χ4v) is 2.75. The van der Waals surface area contributed by atoms with Crippen molar-refractivity contribution in [2.75, 3.05) is 22.1 Å². The predicted molar refractivity (Wildman–Crippen MR) is 98.3 cm³/mol. The summed E-state index contributed by atoms with van der Waals surface area (Å²) < 4.78 is 1.59. The number of rotatable bonds is 8. The van der Waals surface area contributed by atoms with E-state index in [0.29, 0.717) is 17.1 Å². The van der Waals surface area contributed by atoms with Crippen molar-refractivity contribution in [3.8, 4) is 0 Å². The lowest BCUT2D eigenvalue weighted by Gasteiger charge is -2.13. The molecule has 0 saturated carbocycles. The highest BCUT2D eigenvalue weighted by molar-refractivity contribution is 7.99. The molecule has 2 rings (SSSR count). The molecular formula is C17H22N4O2S. The number of hydrogen-bond acceptors (Lipinski definition) is 4. The molecule has 0 aliphatic rings. The maximum Gasteiger partial charge on any atom is 0.248 e. The van der Waals surface area contributed by atoms with Gasteiger partial charge in [-0.15, -0.1) is 0 Å². The fraction of sp³-hybridized carbons (Fsp3) is 0.353. The molecule has 1 heterocycles. The second kappa shape index (κ2) is 9.12. The number of thioether (sulfide) groups is 1. The van der Waals surface area contributed by atoms with Crippen molar-refractivity contribution in [2.45, 2.75) is 26.3 Å². The molecule has 1 atom stereocenters. The SMILES string of the molecule is CCCSCC(=O)Nc1cccc(NC(=O)C(C)n2cccn2)c1. The Hall–Kier alpha value is -2.28. The third kappa shape index (κ3) is 5.42. The number of nitrogens with one attached hydrogen (secondary N) is 2. The summed E-state index contributed by atoms with van der Waals surface area (Å²) in [6, 6.07) is 8.49. The summed E-state index contributed by atoms with van der Waals surface area (Å²) in [5.74, 6) is 1.19. The first-order valence-electron chi connectivity index (χ1n) is 7.87. The Morgan fingerprint density at radius 2 is 2.00 bits per heavy atom. The summed E-state index contributed by atoms with van der Waals surface area (Å²) in [5.41, 5.74) is 1.31. The molecule has 0 fully saturated rings. The molecule has 7 heteroatoms. The summed E-state index contributed by atoms with van der Waals surface area (Å²) in [6.45, 7) is 3.86. The van der Waals surface area contributed by atoms with Gasteiger partial charge in [0.2, 0.25) is 11.8 Å². The maximum absolute atomic E-state index is 12.3. The molecule has 1 aromatic heterocycles. The van der Waals surface area contributed by atoms with E-state index in [9.17, 15) is 9.59 Å². The van der Waals surface area contributed by atoms with Crippen LogP contribution in [0.25, 0.3) is 0 Å². The average Bonchev–Trinajstić information content (AvgIpc) is 3.09. The Labute approximate surface area is 146 Å². The summed E-state index contributed by atoms with van der Waals surface area (Å²) in [5, 5.41) is 9.75. The quantitative estimate of drug-likeness (QED) is 0.720. The lowest BCUT2D eigenvalue weighted by molar-refractivity contribution is -0.119. The fourth-order valence-electron chi connectivity index (χ4n) is 2.06. The summed E-state index contributed by atoms with van der Waals surface area (Å²) in [4.78, 5) is 24.1. The Bertz CT molecular complexity index is 673. The minimum atomic E-state index is -0.413. The van der Waals surface area contributed by atoms with Gasteiger partial charge in [0.25, 0.3) is 0 Å². The van der Waals surface area contributed by atoms with E-state index in [4.69, 9.17) is 0 Å². The topological polar surface area (TPSA) is 76.0 Å². The molecule has 128 valence electrons. The molecule has 2 aromatic rings. The van der Waals surface area contributed by atoms with Crippen molar-refractivity contribution in [3.05, 3.63) is 42.7 Å². The Kier molecular flexibility index (Phi) is 6.87. The van der Waals surface area contributed by atoms with Crippen LogP contribution < -0.4 is 10.6 Å². The van der Waals surface area contributed by atoms with Crippen molar-refractivity contribution < 1.29 is 9.59 Å². The lowest BCUT2D eigenvalue weighted by atomic mass is 10.2. The van der Waals surface area contributed by atoms with E-state index < -0.39 is 6.04 Å². The van der Waals surface area contributed by atoms with Gasteiger partial charge in [0.15, 0.2) is 0 Å². The highest BCUT2D eigenvalue weighted by atomic mass is 32.2. The molecule has 24 heavy (non-hydrogen) atoms. The second-order valence-corrected chi connectivity index (χ2v) is 6.44. The largest absolute Gasteiger partial charge is 0.325 e. The molecule has 1 unspecified atom stereocenters. The maximum atomic E-state index is 12.3. The van der Waals surface area contributed by atoms with Gasteiger partial charge in [-0.2, -0.15) is 16.9 Å². The van der Waals surface area contributed by atoms with Gasteiger partial charge in [-0.05, 0) is 43.4 Å². The lowest BCUT2D eigenvalue weighted by Crippen LogP contribution is -2.24. The average molecular weight is 346 g/mol. The first kappa shape index (κ1) is 18.1. The van der Waals surface area contributed by atoms with Gasteiger partial charge in [-0.25, -0.2) is 0 Å². The Morgan fingerprint density at radius 1 is 1.25 bits per heavy atom. The normalized spacial score (nSPS) is 11.8. The van der Waals surface area contributed by atoms with Crippen LogP contribution in [0.4, 0.5) is 11.4 Å². The van der Waals surface area contributed by atoms with Crippen LogP contribution >= 0.6 is 11.8 Å². The standard InChI is InChI=1S/C17H22N4O2S/c1-3-10-24-12-16(22)19-14-6-4-7-15(11-14)20-17(23)13(2)21-9-5-8-18-21/h4-9,11,13H,3,10,12H2,1-2H3,(H,19,22)(H,20,23). The molecular weight excluding hydrogens is 324 g/mol. The zero-order valence-corrected chi connectivity index (χ0v) is 14.7. The van der Waals surface area contributed by atoms with Gasteiger partial charge in [0.1, 0.15) is 6.04 Å². The monoisotopic (exact) mass is 346 g/mol. The van der Waals surface area contributed by atoms with Crippen LogP contribution in [0.2, 0.25) is 0 Å². The minimum Gasteiger partial charge on any atom is -0.325 e. The van der Waals surface area contributed by atoms with Crippen LogP contribution in [-0.2, 0) is 9.59 Å². The van der Waals surface area contributed by atoms with Crippen molar-refractivity contribution in [1.29, 1.82) is 0 Å². The van der Waals surface area contributed by atoms with E-state index in [1.807, 2.05) is 0 Å². The minimum absolute atomic E-state index is 0.0400. The number of carbonyl (C=O) groups is 2. The van der Waals surface area contributed by atoms with Gasteiger partial charge < -0.3 is 10.6 Å². The number of anilines is 2. The summed E-state index contributed by atoms with van der Waals surface area (Å²) >= 11 is 1.61. The van der Waals surface area contributed by atoms with Crippen LogP contribution in [-0.4, -0.2) is 33.1 Å². The predicted octanol–water partition coefficient (Wildman–Crippen LogP) is 3.16. The van der Waals surface area contributed by atoms with E-state index in [1.54, 1.807) is 66.1 Å². The molecule has 1 aromatic carbocycles. The molecule has 0 aliphatic carbocycles. The number of benzene rings is 1. The number of nitrogens with zero attached hydrogens (tertiary/aromatic N) is 2. The number of hydrogen-bond donors (Lipinski definition) is 2.